The Balaban J connectivity index is 2.53. The second kappa shape index (κ2) is 7.08. The lowest BCUT2D eigenvalue weighted by Gasteiger charge is -2.41. The fourth-order valence-corrected chi connectivity index (χ4v) is 2.92. The van der Waals surface area contributed by atoms with E-state index in [9.17, 15) is 0 Å². The Hall–Kier alpha value is -0.0800. The van der Waals surface area contributed by atoms with E-state index >= 15 is 0 Å². The normalized spacial score (nSPS) is 28.9. The van der Waals surface area contributed by atoms with Crippen molar-refractivity contribution in [3.8, 4) is 0 Å². The topological polar surface area (TPSA) is 21.3 Å². The van der Waals surface area contributed by atoms with Crippen molar-refractivity contribution in [1.29, 1.82) is 0 Å². The SMILES string of the molecule is CC1CCCC(CNC(C)C)(OCCC(C)(C)C)C1. The van der Waals surface area contributed by atoms with Crippen molar-refractivity contribution < 1.29 is 4.74 Å². The molecule has 0 radical (unpaired) electrons. The van der Waals surface area contributed by atoms with E-state index in [1.165, 1.54) is 25.7 Å². The monoisotopic (exact) mass is 269 g/mol. The maximum atomic E-state index is 6.40. The third-order valence-corrected chi connectivity index (χ3v) is 4.14. The van der Waals surface area contributed by atoms with Crippen LogP contribution in [0, 0.1) is 11.3 Å². The minimum Gasteiger partial charge on any atom is -0.374 e. The second-order valence-corrected chi connectivity index (χ2v) is 8.08. The summed E-state index contributed by atoms with van der Waals surface area (Å²) in [6.07, 6.45) is 6.27. The van der Waals surface area contributed by atoms with Crippen LogP contribution in [0.1, 0.15) is 73.6 Å². The maximum Gasteiger partial charge on any atom is 0.0808 e. The van der Waals surface area contributed by atoms with Gasteiger partial charge in [-0.05, 0) is 30.6 Å². The summed E-state index contributed by atoms with van der Waals surface area (Å²) < 4.78 is 6.40. The fourth-order valence-electron chi connectivity index (χ4n) is 2.92. The van der Waals surface area contributed by atoms with Gasteiger partial charge in [-0.2, -0.15) is 0 Å². The van der Waals surface area contributed by atoms with Crippen molar-refractivity contribution in [1.82, 2.24) is 5.32 Å². The molecule has 1 N–H and O–H groups in total. The van der Waals surface area contributed by atoms with Crippen LogP contribution in [0.4, 0.5) is 0 Å². The first-order chi connectivity index (χ1) is 8.72. The van der Waals surface area contributed by atoms with E-state index < -0.39 is 0 Å². The van der Waals surface area contributed by atoms with E-state index in [-0.39, 0.29) is 5.60 Å². The van der Waals surface area contributed by atoms with Gasteiger partial charge in [-0.15, -0.1) is 0 Å². The zero-order valence-electron chi connectivity index (χ0n) is 14.0. The summed E-state index contributed by atoms with van der Waals surface area (Å²) in [5.74, 6) is 0.803. The minimum absolute atomic E-state index is 0.0905. The first-order valence-electron chi connectivity index (χ1n) is 8.10. The van der Waals surface area contributed by atoms with Crippen molar-refractivity contribution >= 4 is 0 Å². The molecule has 1 aliphatic carbocycles. The molecule has 0 aromatic carbocycles. The molecule has 2 unspecified atom stereocenters. The Labute approximate surface area is 120 Å². The Morgan fingerprint density at radius 2 is 2.00 bits per heavy atom. The summed E-state index contributed by atoms with van der Waals surface area (Å²) in [7, 11) is 0. The Bertz CT molecular complexity index is 256. The molecule has 114 valence electrons. The molecule has 0 bridgehead atoms. The van der Waals surface area contributed by atoms with E-state index in [1.807, 2.05) is 0 Å². The molecule has 2 nitrogen and oxygen atoms in total. The first-order valence-corrected chi connectivity index (χ1v) is 8.10. The van der Waals surface area contributed by atoms with E-state index in [4.69, 9.17) is 4.74 Å². The largest absolute Gasteiger partial charge is 0.374 e. The molecule has 0 aromatic heterocycles. The molecule has 0 saturated heterocycles. The lowest BCUT2D eigenvalue weighted by molar-refractivity contribution is -0.0863. The summed E-state index contributed by atoms with van der Waals surface area (Å²) in [4.78, 5) is 0. The highest BCUT2D eigenvalue weighted by Gasteiger charge is 2.36. The molecule has 0 amide bonds. The van der Waals surface area contributed by atoms with Crippen LogP contribution in [0.3, 0.4) is 0 Å². The molecule has 19 heavy (non-hydrogen) atoms. The third-order valence-electron chi connectivity index (χ3n) is 4.14. The smallest absolute Gasteiger partial charge is 0.0808 e. The van der Waals surface area contributed by atoms with Crippen molar-refractivity contribution in [2.45, 2.75) is 85.3 Å². The van der Waals surface area contributed by atoms with E-state index in [2.05, 4.69) is 46.9 Å². The zero-order valence-corrected chi connectivity index (χ0v) is 14.0. The van der Waals surface area contributed by atoms with E-state index in [1.54, 1.807) is 0 Å². The van der Waals surface area contributed by atoms with Crippen LogP contribution in [0.15, 0.2) is 0 Å². The van der Waals surface area contributed by atoms with Gasteiger partial charge in [0.05, 0.1) is 5.60 Å². The molecule has 0 aromatic rings. The fraction of sp³-hybridized carbons (Fsp3) is 1.00. The molecule has 0 heterocycles. The van der Waals surface area contributed by atoms with Crippen LogP contribution in [-0.2, 0) is 4.74 Å². The van der Waals surface area contributed by atoms with Crippen molar-refractivity contribution in [3.63, 3.8) is 0 Å². The van der Waals surface area contributed by atoms with Crippen LogP contribution in [0.25, 0.3) is 0 Å². The van der Waals surface area contributed by atoms with Crippen molar-refractivity contribution in [3.05, 3.63) is 0 Å². The first kappa shape index (κ1) is 17.0. The van der Waals surface area contributed by atoms with Crippen LogP contribution in [-0.4, -0.2) is 24.8 Å². The standard InChI is InChI=1S/C17H35NO/c1-14(2)18-13-17(9-7-8-15(3)12-17)19-11-10-16(4,5)6/h14-15,18H,7-13H2,1-6H3. The lowest BCUT2D eigenvalue weighted by Crippen LogP contribution is -2.48. The molecular formula is C17H35NO. The van der Waals surface area contributed by atoms with E-state index in [0.29, 0.717) is 11.5 Å². The predicted octanol–water partition coefficient (Wildman–Crippen LogP) is 4.39. The van der Waals surface area contributed by atoms with Gasteiger partial charge in [0.2, 0.25) is 0 Å². The quantitative estimate of drug-likeness (QED) is 0.772. The highest BCUT2D eigenvalue weighted by Crippen LogP contribution is 2.35. The van der Waals surface area contributed by atoms with Crippen LogP contribution in [0.2, 0.25) is 0 Å². The van der Waals surface area contributed by atoms with Gasteiger partial charge < -0.3 is 10.1 Å². The molecule has 1 rings (SSSR count). The Morgan fingerprint density at radius 3 is 2.53 bits per heavy atom. The van der Waals surface area contributed by atoms with Gasteiger partial charge in [0.1, 0.15) is 0 Å². The Kier molecular flexibility index (Phi) is 6.32. The lowest BCUT2D eigenvalue weighted by atomic mass is 9.78. The molecule has 1 saturated carbocycles. The van der Waals surface area contributed by atoms with Gasteiger partial charge in [-0.3, -0.25) is 0 Å². The second-order valence-electron chi connectivity index (χ2n) is 8.08. The summed E-state index contributed by atoms with van der Waals surface area (Å²) in [5.41, 5.74) is 0.458. The van der Waals surface area contributed by atoms with Gasteiger partial charge in [0.15, 0.2) is 0 Å². The van der Waals surface area contributed by atoms with Crippen molar-refractivity contribution in [2.24, 2.45) is 11.3 Å². The molecule has 1 aliphatic rings. The average molecular weight is 269 g/mol. The maximum absolute atomic E-state index is 6.40. The van der Waals surface area contributed by atoms with Gasteiger partial charge in [0, 0.05) is 19.2 Å². The number of ether oxygens (including phenoxy) is 1. The zero-order chi connectivity index (χ0) is 14.5. The number of nitrogens with one attached hydrogen (secondary N) is 1. The van der Waals surface area contributed by atoms with Crippen LogP contribution in [0.5, 0.6) is 0 Å². The van der Waals surface area contributed by atoms with Gasteiger partial charge in [0.25, 0.3) is 0 Å². The molecular weight excluding hydrogens is 234 g/mol. The van der Waals surface area contributed by atoms with Crippen molar-refractivity contribution in [2.75, 3.05) is 13.2 Å². The predicted molar refractivity (Wildman–Crippen MR) is 83.5 cm³/mol. The minimum atomic E-state index is 0.0905. The third kappa shape index (κ3) is 6.76. The number of hydrogen-bond donors (Lipinski definition) is 1. The summed E-state index contributed by atoms with van der Waals surface area (Å²) in [6, 6.07) is 0.542. The highest BCUT2D eigenvalue weighted by atomic mass is 16.5. The summed E-state index contributed by atoms with van der Waals surface area (Å²) in [5, 5.41) is 3.60. The van der Waals surface area contributed by atoms with E-state index in [0.717, 1.165) is 25.5 Å². The molecule has 0 aliphatic heterocycles. The highest BCUT2D eigenvalue weighted by molar-refractivity contribution is 4.89. The summed E-state index contributed by atoms with van der Waals surface area (Å²) >= 11 is 0. The molecule has 2 atom stereocenters. The summed E-state index contributed by atoms with van der Waals surface area (Å²) in [6.45, 7) is 15.6. The average Bonchev–Trinajstić information content (AvgIpc) is 2.25. The molecule has 1 fully saturated rings. The Morgan fingerprint density at radius 1 is 1.32 bits per heavy atom. The number of rotatable bonds is 6. The van der Waals surface area contributed by atoms with Gasteiger partial charge >= 0.3 is 0 Å². The van der Waals surface area contributed by atoms with Gasteiger partial charge in [-0.25, -0.2) is 0 Å². The molecule has 2 heteroatoms. The molecule has 0 spiro atoms. The van der Waals surface area contributed by atoms with Crippen LogP contribution >= 0.6 is 0 Å². The van der Waals surface area contributed by atoms with Crippen LogP contribution < -0.4 is 5.32 Å². The van der Waals surface area contributed by atoms with Gasteiger partial charge in [-0.1, -0.05) is 54.4 Å². The number of hydrogen-bond acceptors (Lipinski definition) is 2.